The molecule has 7 heteroatoms. The van der Waals surface area contributed by atoms with Gasteiger partial charge in [-0.3, -0.25) is 0 Å². The second-order valence-corrected chi connectivity index (χ2v) is 8.42. The molecule has 0 aliphatic carbocycles. The minimum absolute atomic E-state index is 0.236. The second-order valence-electron chi connectivity index (χ2n) is 8.42. The zero-order valence-corrected chi connectivity index (χ0v) is 18.1. The first-order chi connectivity index (χ1) is 15.2. The van der Waals surface area contributed by atoms with Crippen LogP contribution in [0.15, 0.2) is 48.7 Å². The number of nitrogens with zero attached hydrogens (tertiary/aromatic N) is 4. The molecule has 1 aromatic heterocycles. The maximum Gasteiger partial charge on any atom is 0.227 e. The molecule has 2 fully saturated rings. The molecule has 0 bridgehead atoms. The number of nitrogens with one attached hydrogen (secondary N) is 2. The van der Waals surface area contributed by atoms with Crippen LogP contribution in [0.1, 0.15) is 12.8 Å². The molecule has 2 aliphatic rings. The molecule has 2 N–H and O–H groups in total. The number of fused-ring (bicyclic) bond motifs is 1. The maximum absolute atomic E-state index is 6.30. The fraction of sp³-hybridized carbons (Fsp3) is 0.417. The van der Waals surface area contributed by atoms with E-state index in [1.807, 2.05) is 24.4 Å². The number of piperidine rings is 1. The molecule has 0 unspecified atom stereocenters. The van der Waals surface area contributed by atoms with Gasteiger partial charge in [0.15, 0.2) is 0 Å². The topological polar surface area (TPSA) is 65.5 Å². The van der Waals surface area contributed by atoms with Crippen LogP contribution in [-0.4, -0.2) is 67.3 Å². The van der Waals surface area contributed by atoms with Crippen molar-refractivity contribution in [3.8, 4) is 5.75 Å². The predicted octanol–water partition coefficient (Wildman–Crippen LogP) is 3.26. The van der Waals surface area contributed by atoms with E-state index in [4.69, 9.17) is 9.72 Å². The quantitative estimate of drug-likeness (QED) is 0.659. The molecule has 0 radical (unpaired) electrons. The Kier molecular flexibility index (Phi) is 5.86. The zero-order valence-electron chi connectivity index (χ0n) is 18.1. The summed E-state index contributed by atoms with van der Waals surface area (Å²) in [5.41, 5.74) is 3.09. The van der Waals surface area contributed by atoms with Gasteiger partial charge in [-0.25, -0.2) is 9.97 Å². The molecule has 0 spiro atoms. The van der Waals surface area contributed by atoms with E-state index in [0.29, 0.717) is 5.95 Å². The minimum atomic E-state index is 0.236. The molecule has 0 atom stereocenters. The third-order valence-corrected chi connectivity index (χ3v) is 6.15. The summed E-state index contributed by atoms with van der Waals surface area (Å²) in [4.78, 5) is 14.1. The molecule has 0 saturated carbocycles. The number of hydrogen-bond donors (Lipinski definition) is 2. The lowest BCUT2D eigenvalue weighted by Gasteiger charge is -2.34. The van der Waals surface area contributed by atoms with E-state index in [-0.39, 0.29) is 6.10 Å². The van der Waals surface area contributed by atoms with Gasteiger partial charge in [0.1, 0.15) is 17.4 Å². The summed E-state index contributed by atoms with van der Waals surface area (Å²) in [6.07, 6.45) is 4.14. The van der Waals surface area contributed by atoms with E-state index in [1.54, 1.807) is 0 Å². The Hall–Kier alpha value is -2.90. The third kappa shape index (κ3) is 4.73. The molecular formula is C24H30N6O. The van der Waals surface area contributed by atoms with Crippen molar-refractivity contribution in [3.05, 3.63) is 48.7 Å². The lowest BCUT2D eigenvalue weighted by atomic mass is 10.1. The Balaban J connectivity index is 1.31. The highest BCUT2D eigenvalue weighted by atomic mass is 16.5. The molecule has 3 heterocycles. The lowest BCUT2D eigenvalue weighted by Crippen LogP contribution is -2.44. The molecule has 31 heavy (non-hydrogen) atoms. The lowest BCUT2D eigenvalue weighted by molar-refractivity contribution is 0.164. The SMILES string of the molecule is CN1CCN(c2ccc(Nc3ncc4cccc(OC5CCNCC5)c4n3)cc2)CC1. The first-order valence-corrected chi connectivity index (χ1v) is 11.2. The first kappa shape index (κ1) is 20.0. The summed E-state index contributed by atoms with van der Waals surface area (Å²) in [6.45, 7) is 6.34. The molecule has 2 saturated heterocycles. The third-order valence-electron chi connectivity index (χ3n) is 6.15. The summed E-state index contributed by atoms with van der Waals surface area (Å²) in [5.74, 6) is 1.42. The highest BCUT2D eigenvalue weighted by molar-refractivity contribution is 5.85. The molecular weight excluding hydrogens is 388 g/mol. The number of para-hydroxylation sites is 1. The fourth-order valence-corrected chi connectivity index (χ4v) is 4.23. The number of ether oxygens (including phenoxy) is 1. The molecule has 5 rings (SSSR count). The van der Waals surface area contributed by atoms with Gasteiger partial charge in [0.25, 0.3) is 0 Å². The van der Waals surface area contributed by atoms with Gasteiger partial charge in [-0.15, -0.1) is 0 Å². The van der Waals surface area contributed by atoms with Crippen molar-refractivity contribution in [3.63, 3.8) is 0 Å². The van der Waals surface area contributed by atoms with E-state index in [0.717, 1.165) is 74.5 Å². The predicted molar refractivity (Wildman–Crippen MR) is 125 cm³/mol. The van der Waals surface area contributed by atoms with Crippen molar-refractivity contribution in [1.82, 2.24) is 20.2 Å². The summed E-state index contributed by atoms with van der Waals surface area (Å²) in [5, 5.41) is 7.72. The van der Waals surface area contributed by atoms with Crippen molar-refractivity contribution in [2.75, 3.05) is 56.5 Å². The van der Waals surface area contributed by atoms with Crippen molar-refractivity contribution >= 4 is 28.2 Å². The first-order valence-electron chi connectivity index (χ1n) is 11.2. The van der Waals surface area contributed by atoms with Crippen molar-refractivity contribution in [2.24, 2.45) is 0 Å². The number of likely N-dealkylation sites (N-methyl/N-ethyl adjacent to an activating group) is 1. The molecule has 2 aliphatic heterocycles. The van der Waals surface area contributed by atoms with Crippen molar-refractivity contribution in [1.29, 1.82) is 0 Å². The van der Waals surface area contributed by atoms with Crippen LogP contribution in [0.2, 0.25) is 0 Å². The number of piperazine rings is 1. The smallest absolute Gasteiger partial charge is 0.227 e. The molecule has 3 aromatic rings. The Morgan fingerprint density at radius 3 is 2.55 bits per heavy atom. The van der Waals surface area contributed by atoms with E-state index in [1.165, 1.54) is 5.69 Å². The van der Waals surface area contributed by atoms with Gasteiger partial charge in [-0.05, 0) is 63.3 Å². The van der Waals surface area contributed by atoms with Crippen molar-refractivity contribution in [2.45, 2.75) is 18.9 Å². The van der Waals surface area contributed by atoms with Crippen LogP contribution in [0.25, 0.3) is 10.9 Å². The number of hydrogen-bond acceptors (Lipinski definition) is 7. The van der Waals surface area contributed by atoms with Crippen LogP contribution in [0.3, 0.4) is 0 Å². The largest absolute Gasteiger partial charge is 0.488 e. The van der Waals surface area contributed by atoms with Gasteiger partial charge in [-0.2, -0.15) is 0 Å². The van der Waals surface area contributed by atoms with Crippen LogP contribution in [0.5, 0.6) is 5.75 Å². The maximum atomic E-state index is 6.30. The molecule has 162 valence electrons. The summed E-state index contributed by atoms with van der Waals surface area (Å²) >= 11 is 0. The minimum Gasteiger partial charge on any atom is -0.488 e. The number of anilines is 3. The van der Waals surface area contributed by atoms with Crippen LogP contribution < -0.4 is 20.3 Å². The standard InChI is InChI=1S/C24H30N6O/c1-29-13-15-30(16-14-29)20-7-5-19(6-8-20)27-24-26-17-18-3-2-4-22(23(18)28-24)31-21-9-11-25-12-10-21/h2-8,17,21,25H,9-16H2,1H3,(H,26,27,28). The van der Waals surface area contributed by atoms with E-state index in [9.17, 15) is 0 Å². The molecule has 0 amide bonds. The van der Waals surface area contributed by atoms with E-state index >= 15 is 0 Å². The highest BCUT2D eigenvalue weighted by Gasteiger charge is 2.17. The van der Waals surface area contributed by atoms with Gasteiger partial charge >= 0.3 is 0 Å². The Morgan fingerprint density at radius 2 is 1.77 bits per heavy atom. The summed E-state index contributed by atoms with van der Waals surface area (Å²) < 4.78 is 6.30. The average Bonchev–Trinajstić information content (AvgIpc) is 2.81. The van der Waals surface area contributed by atoms with Crippen LogP contribution in [0.4, 0.5) is 17.3 Å². The Bertz CT molecular complexity index is 1010. The second kappa shape index (κ2) is 9.08. The number of aromatic nitrogens is 2. The average molecular weight is 419 g/mol. The van der Waals surface area contributed by atoms with Gasteiger partial charge in [0.2, 0.25) is 5.95 Å². The monoisotopic (exact) mass is 418 g/mol. The van der Waals surface area contributed by atoms with Crippen LogP contribution >= 0.6 is 0 Å². The highest BCUT2D eigenvalue weighted by Crippen LogP contribution is 2.28. The van der Waals surface area contributed by atoms with Gasteiger partial charge in [0.05, 0.1) is 0 Å². The van der Waals surface area contributed by atoms with Gasteiger partial charge < -0.3 is 25.2 Å². The van der Waals surface area contributed by atoms with E-state index in [2.05, 4.69) is 56.7 Å². The summed E-state index contributed by atoms with van der Waals surface area (Å²) in [7, 11) is 2.18. The van der Waals surface area contributed by atoms with Crippen molar-refractivity contribution < 1.29 is 4.74 Å². The normalized spacial score (nSPS) is 18.3. The molecule has 7 nitrogen and oxygen atoms in total. The number of benzene rings is 2. The Labute approximate surface area is 183 Å². The molecule has 2 aromatic carbocycles. The zero-order chi connectivity index (χ0) is 21.0. The Morgan fingerprint density at radius 1 is 1.00 bits per heavy atom. The van der Waals surface area contributed by atoms with E-state index < -0.39 is 0 Å². The van der Waals surface area contributed by atoms with Gasteiger partial charge in [0, 0.05) is 49.1 Å². The van der Waals surface area contributed by atoms with Gasteiger partial charge in [-0.1, -0.05) is 12.1 Å². The van der Waals surface area contributed by atoms with Crippen LogP contribution in [-0.2, 0) is 0 Å². The number of rotatable bonds is 5. The van der Waals surface area contributed by atoms with Crippen LogP contribution in [0, 0.1) is 0 Å². The summed E-state index contributed by atoms with van der Waals surface area (Å²) in [6, 6.07) is 14.6. The fourth-order valence-electron chi connectivity index (χ4n) is 4.23.